The molecular weight excluding hydrogens is 326 g/mol. The monoisotopic (exact) mass is 361 g/mol. The van der Waals surface area contributed by atoms with Crippen molar-refractivity contribution in [2.75, 3.05) is 26.4 Å². The molecule has 1 saturated heterocycles. The molecule has 148 valence electrons. The van der Waals surface area contributed by atoms with Crippen LogP contribution in [0.3, 0.4) is 0 Å². The average Bonchev–Trinajstić information content (AvgIpc) is 2.85. The number of hydrogen-bond acceptors (Lipinski definition) is 6. The molecule has 4 unspecified atom stereocenters. The number of nitrogens with one attached hydrogen (secondary N) is 1. The Balaban J connectivity index is 2.08. The molecule has 4 atom stereocenters. The zero-order chi connectivity index (χ0) is 18.9. The number of aliphatic hydroxyl groups is 3. The van der Waals surface area contributed by atoms with E-state index in [0.717, 1.165) is 19.3 Å². The summed E-state index contributed by atoms with van der Waals surface area (Å²) >= 11 is 0. The lowest BCUT2D eigenvalue weighted by Gasteiger charge is -2.17. The summed E-state index contributed by atoms with van der Waals surface area (Å²) in [5, 5.41) is 31.2. The number of amides is 1. The molecule has 1 aliphatic heterocycles. The predicted molar refractivity (Wildman–Crippen MR) is 93.8 cm³/mol. The summed E-state index contributed by atoms with van der Waals surface area (Å²) < 4.78 is 10.8. The van der Waals surface area contributed by atoms with Gasteiger partial charge in [0.05, 0.1) is 25.9 Å². The summed E-state index contributed by atoms with van der Waals surface area (Å²) in [6.45, 7) is 7.04. The van der Waals surface area contributed by atoms with Crippen LogP contribution in [0.4, 0.5) is 0 Å². The van der Waals surface area contributed by atoms with E-state index in [4.69, 9.17) is 14.6 Å². The SMILES string of the molecule is CC(C)(C)CCCCNC(=O)CCCOC1OC(CO)C(CO)C1O. The van der Waals surface area contributed by atoms with Gasteiger partial charge in [-0.25, -0.2) is 0 Å². The van der Waals surface area contributed by atoms with Gasteiger partial charge in [-0.1, -0.05) is 27.2 Å². The summed E-state index contributed by atoms with van der Waals surface area (Å²) in [5.74, 6) is -0.555. The molecule has 1 fully saturated rings. The minimum atomic E-state index is -0.973. The van der Waals surface area contributed by atoms with Crippen LogP contribution < -0.4 is 5.32 Å². The van der Waals surface area contributed by atoms with Crippen molar-refractivity contribution in [1.29, 1.82) is 0 Å². The third-order valence-electron chi connectivity index (χ3n) is 4.40. The molecule has 0 spiro atoms. The van der Waals surface area contributed by atoms with E-state index in [0.29, 0.717) is 24.8 Å². The van der Waals surface area contributed by atoms with Crippen LogP contribution >= 0.6 is 0 Å². The van der Waals surface area contributed by atoms with Crippen LogP contribution in [-0.4, -0.2) is 66.1 Å². The van der Waals surface area contributed by atoms with Gasteiger partial charge < -0.3 is 30.1 Å². The van der Waals surface area contributed by atoms with Crippen molar-refractivity contribution in [2.24, 2.45) is 11.3 Å². The number of ether oxygens (including phenoxy) is 2. The smallest absolute Gasteiger partial charge is 0.220 e. The molecular formula is C18H35NO6. The van der Waals surface area contributed by atoms with Crippen LogP contribution in [0, 0.1) is 11.3 Å². The van der Waals surface area contributed by atoms with Gasteiger partial charge in [-0.05, 0) is 24.7 Å². The van der Waals surface area contributed by atoms with Crippen molar-refractivity contribution in [3.8, 4) is 0 Å². The van der Waals surface area contributed by atoms with Gasteiger partial charge in [-0.2, -0.15) is 0 Å². The van der Waals surface area contributed by atoms with Crippen molar-refractivity contribution in [3.63, 3.8) is 0 Å². The van der Waals surface area contributed by atoms with Gasteiger partial charge in [0.1, 0.15) is 6.10 Å². The molecule has 0 aromatic heterocycles. The maximum absolute atomic E-state index is 11.7. The van der Waals surface area contributed by atoms with Gasteiger partial charge in [-0.15, -0.1) is 0 Å². The zero-order valence-corrected chi connectivity index (χ0v) is 15.7. The predicted octanol–water partition coefficient (Wildman–Crippen LogP) is 0.802. The van der Waals surface area contributed by atoms with Gasteiger partial charge >= 0.3 is 0 Å². The van der Waals surface area contributed by atoms with E-state index in [2.05, 4.69) is 26.1 Å². The first-order valence-electron chi connectivity index (χ1n) is 9.22. The number of rotatable bonds is 11. The fourth-order valence-electron chi connectivity index (χ4n) is 2.85. The fraction of sp³-hybridized carbons (Fsp3) is 0.944. The van der Waals surface area contributed by atoms with Crippen molar-refractivity contribution < 1.29 is 29.6 Å². The lowest BCUT2D eigenvalue weighted by Crippen LogP contribution is -2.32. The van der Waals surface area contributed by atoms with E-state index >= 15 is 0 Å². The van der Waals surface area contributed by atoms with Crippen LogP contribution in [0.15, 0.2) is 0 Å². The highest BCUT2D eigenvalue weighted by molar-refractivity contribution is 5.75. The molecule has 1 heterocycles. The number of aliphatic hydroxyl groups excluding tert-OH is 3. The van der Waals surface area contributed by atoms with Crippen LogP contribution in [0.5, 0.6) is 0 Å². The number of unbranched alkanes of at least 4 members (excludes halogenated alkanes) is 1. The quantitative estimate of drug-likeness (QED) is 0.406. The normalized spacial score (nSPS) is 26.8. The molecule has 0 aliphatic carbocycles. The van der Waals surface area contributed by atoms with Gasteiger partial charge in [0, 0.05) is 18.9 Å². The Bertz CT molecular complexity index is 384. The van der Waals surface area contributed by atoms with E-state index in [9.17, 15) is 15.0 Å². The minimum absolute atomic E-state index is 0.00582. The Morgan fingerprint density at radius 2 is 1.88 bits per heavy atom. The molecule has 7 nitrogen and oxygen atoms in total. The van der Waals surface area contributed by atoms with E-state index in [-0.39, 0.29) is 25.7 Å². The third kappa shape index (κ3) is 8.46. The highest BCUT2D eigenvalue weighted by atomic mass is 16.7. The lowest BCUT2D eigenvalue weighted by molar-refractivity contribution is -0.170. The number of hydrogen-bond donors (Lipinski definition) is 4. The topological polar surface area (TPSA) is 108 Å². The summed E-state index contributed by atoms with van der Waals surface area (Å²) in [6.07, 6.45) is 1.64. The van der Waals surface area contributed by atoms with Crippen LogP contribution in [-0.2, 0) is 14.3 Å². The van der Waals surface area contributed by atoms with Crippen LogP contribution in [0.1, 0.15) is 52.9 Å². The molecule has 4 N–H and O–H groups in total. The third-order valence-corrected chi connectivity index (χ3v) is 4.40. The van der Waals surface area contributed by atoms with E-state index in [1.54, 1.807) is 0 Å². The van der Waals surface area contributed by atoms with Gasteiger partial charge in [0.25, 0.3) is 0 Å². The summed E-state index contributed by atoms with van der Waals surface area (Å²) in [4.78, 5) is 11.7. The maximum atomic E-state index is 11.7. The van der Waals surface area contributed by atoms with Gasteiger partial charge in [0.15, 0.2) is 6.29 Å². The Labute approximate surface area is 150 Å². The molecule has 1 amide bonds. The Hall–Kier alpha value is -0.730. The molecule has 0 radical (unpaired) electrons. The second kappa shape index (κ2) is 11.1. The Kier molecular flexibility index (Phi) is 9.89. The summed E-state index contributed by atoms with van der Waals surface area (Å²) in [5.41, 5.74) is 0.332. The minimum Gasteiger partial charge on any atom is -0.396 e. The van der Waals surface area contributed by atoms with E-state index in [1.807, 2.05) is 0 Å². The second-order valence-electron chi connectivity index (χ2n) is 7.90. The summed E-state index contributed by atoms with van der Waals surface area (Å²) in [6, 6.07) is 0. The van der Waals surface area contributed by atoms with E-state index in [1.165, 1.54) is 0 Å². The molecule has 1 rings (SSSR count). The van der Waals surface area contributed by atoms with Crippen LogP contribution in [0.25, 0.3) is 0 Å². The van der Waals surface area contributed by atoms with Crippen molar-refractivity contribution >= 4 is 5.91 Å². The highest BCUT2D eigenvalue weighted by Gasteiger charge is 2.43. The zero-order valence-electron chi connectivity index (χ0n) is 15.7. The Morgan fingerprint density at radius 3 is 2.44 bits per heavy atom. The first-order valence-corrected chi connectivity index (χ1v) is 9.22. The lowest BCUT2D eigenvalue weighted by atomic mass is 9.90. The highest BCUT2D eigenvalue weighted by Crippen LogP contribution is 2.27. The van der Waals surface area contributed by atoms with Gasteiger partial charge in [0.2, 0.25) is 5.91 Å². The average molecular weight is 361 g/mol. The largest absolute Gasteiger partial charge is 0.396 e. The van der Waals surface area contributed by atoms with Crippen molar-refractivity contribution in [3.05, 3.63) is 0 Å². The number of carbonyl (C=O) groups is 1. The maximum Gasteiger partial charge on any atom is 0.220 e. The molecule has 0 aromatic rings. The van der Waals surface area contributed by atoms with Crippen molar-refractivity contribution in [2.45, 2.75) is 71.4 Å². The molecule has 7 heteroatoms. The molecule has 0 saturated carbocycles. The van der Waals surface area contributed by atoms with E-state index < -0.39 is 24.4 Å². The molecule has 0 bridgehead atoms. The molecule has 0 aromatic carbocycles. The summed E-state index contributed by atoms with van der Waals surface area (Å²) in [7, 11) is 0. The standard InChI is InChI=1S/C18H35NO6/c1-18(2,3)8-4-5-9-19-15(22)7-6-10-24-17-16(23)13(11-20)14(12-21)25-17/h13-14,16-17,20-21,23H,4-12H2,1-3H3,(H,19,22). The van der Waals surface area contributed by atoms with Crippen molar-refractivity contribution in [1.82, 2.24) is 5.32 Å². The van der Waals surface area contributed by atoms with Crippen LogP contribution in [0.2, 0.25) is 0 Å². The Morgan fingerprint density at radius 1 is 1.16 bits per heavy atom. The number of carbonyl (C=O) groups excluding carboxylic acids is 1. The molecule has 1 aliphatic rings. The van der Waals surface area contributed by atoms with Gasteiger partial charge in [-0.3, -0.25) is 4.79 Å². The molecule has 25 heavy (non-hydrogen) atoms. The fourth-order valence-corrected chi connectivity index (χ4v) is 2.85. The first-order chi connectivity index (χ1) is 11.8. The first kappa shape index (κ1) is 22.3. The second-order valence-corrected chi connectivity index (χ2v) is 7.90.